The number of hydrogen-bond acceptors (Lipinski definition) is 2. The normalized spacial score (nSPS) is 13.2. The number of aromatic hydroxyl groups is 2. The van der Waals surface area contributed by atoms with Crippen LogP contribution in [0.5, 0.6) is 11.5 Å². The van der Waals surface area contributed by atoms with Gasteiger partial charge in [0.25, 0.3) is 0 Å². The lowest BCUT2D eigenvalue weighted by atomic mass is 9.67. The van der Waals surface area contributed by atoms with Crippen LogP contribution >= 0.6 is 0 Å². The zero-order valence-electron chi connectivity index (χ0n) is 20.3. The highest BCUT2D eigenvalue weighted by atomic mass is 16.3. The van der Waals surface area contributed by atoms with Gasteiger partial charge in [-0.25, -0.2) is 0 Å². The van der Waals surface area contributed by atoms with Crippen LogP contribution in [0.4, 0.5) is 0 Å². The van der Waals surface area contributed by atoms with Crippen LogP contribution < -0.4 is 0 Å². The second-order valence-corrected chi connectivity index (χ2v) is 9.58. The van der Waals surface area contributed by atoms with Crippen LogP contribution in [0.1, 0.15) is 45.9 Å². The first-order valence-electron chi connectivity index (χ1n) is 12.5. The first-order chi connectivity index (χ1) is 17.6. The lowest BCUT2D eigenvalue weighted by Gasteiger charge is -2.34. The molecule has 2 N–H and O–H groups in total. The van der Waals surface area contributed by atoms with Gasteiger partial charge in [0.05, 0.1) is 5.41 Å². The molecule has 0 aliphatic heterocycles. The molecule has 0 saturated carbocycles. The van der Waals surface area contributed by atoms with Crippen LogP contribution in [0.25, 0.3) is 11.1 Å². The standard InChI is InChI=1S/C34H28O2/c1-2-23-11-13-24(14-12-23)21-25-22-27(17-20-33(25)36)34(26-15-18-28(35)19-16-26)31-9-5-3-7-29(31)30-8-4-6-10-32(30)34/h3-20,22,35-36H,2,21H2,1H3. The van der Waals surface area contributed by atoms with Crippen molar-refractivity contribution in [2.75, 3.05) is 0 Å². The summed E-state index contributed by atoms with van der Waals surface area (Å²) in [6.07, 6.45) is 1.66. The van der Waals surface area contributed by atoms with Crippen molar-refractivity contribution >= 4 is 0 Å². The second kappa shape index (κ2) is 8.73. The average Bonchev–Trinajstić information content (AvgIpc) is 3.22. The van der Waals surface area contributed by atoms with Crippen LogP contribution in [0.2, 0.25) is 0 Å². The van der Waals surface area contributed by atoms with E-state index in [0.29, 0.717) is 12.2 Å². The predicted molar refractivity (Wildman–Crippen MR) is 146 cm³/mol. The summed E-state index contributed by atoms with van der Waals surface area (Å²) in [5.74, 6) is 0.550. The Kier molecular flexibility index (Phi) is 5.38. The molecule has 0 atom stereocenters. The van der Waals surface area contributed by atoms with Crippen molar-refractivity contribution in [1.29, 1.82) is 0 Å². The molecule has 0 aromatic heterocycles. The van der Waals surface area contributed by atoms with E-state index in [4.69, 9.17) is 0 Å². The number of benzene rings is 5. The highest BCUT2D eigenvalue weighted by Gasteiger charge is 2.46. The second-order valence-electron chi connectivity index (χ2n) is 9.58. The molecule has 0 heterocycles. The molecule has 0 bridgehead atoms. The third kappa shape index (κ3) is 3.41. The molecule has 6 rings (SSSR count). The van der Waals surface area contributed by atoms with Crippen molar-refractivity contribution in [3.05, 3.63) is 154 Å². The summed E-state index contributed by atoms with van der Waals surface area (Å²) in [6.45, 7) is 2.16. The maximum atomic E-state index is 10.9. The molecular weight excluding hydrogens is 440 g/mol. The lowest BCUT2D eigenvalue weighted by Crippen LogP contribution is -2.28. The number of fused-ring (bicyclic) bond motifs is 3. The van der Waals surface area contributed by atoms with Gasteiger partial charge in [-0.3, -0.25) is 0 Å². The Balaban J connectivity index is 1.59. The highest BCUT2D eigenvalue weighted by Crippen LogP contribution is 2.56. The fraction of sp³-hybridized carbons (Fsp3) is 0.118. The average molecular weight is 469 g/mol. The Morgan fingerprint density at radius 3 is 1.75 bits per heavy atom. The van der Waals surface area contributed by atoms with Crippen LogP contribution in [0.3, 0.4) is 0 Å². The van der Waals surface area contributed by atoms with E-state index in [1.54, 1.807) is 12.1 Å². The fourth-order valence-corrected chi connectivity index (χ4v) is 5.81. The van der Waals surface area contributed by atoms with Gasteiger partial charge in [0, 0.05) is 6.42 Å². The lowest BCUT2D eigenvalue weighted by molar-refractivity contribution is 0.469. The van der Waals surface area contributed by atoms with Crippen LogP contribution in [0.15, 0.2) is 115 Å². The summed E-state index contributed by atoms with van der Waals surface area (Å²) in [6, 6.07) is 39.4. The Labute approximate surface area is 212 Å². The minimum Gasteiger partial charge on any atom is -0.508 e. The molecule has 2 nitrogen and oxygen atoms in total. The topological polar surface area (TPSA) is 40.5 Å². The monoisotopic (exact) mass is 468 g/mol. The summed E-state index contributed by atoms with van der Waals surface area (Å²) < 4.78 is 0. The molecule has 1 aliphatic rings. The third-order valence-electron chi connectivity index (χ3n) is 7.59. The number of rotatable bonds is 5. The van der Waals surface area contributed by atoms with E-state index in [2.05, 4.69) is 85.8 Å². The maximum Gasteiger partial charge on any atom is 0.119 e. The van der Waals surface area contributed by atoms with Gasteiger partial charge in [0.2, 0.25) is 0 Å². The smallest absolute Gasteiger partial charge is 0.119 e. The molecule has 5 aromatic rings. The van der Waals surface area contributed by atoms with Gasteiger partial charge in [0.15, 0.2) is 0 Å². The molecule has 176 valence electrons. The minimum absolute atomic E-state index is 0.246. The van der Waals surface area contributed by atoms with E-state index < -0.39 is 5.41 Å². The van der Waals surface area contributed by atoms with Gasteiger partial charge in [0.1, 0.15) is 11.5 Å². The molecule has 0 unspecified atom stereocenters. The quantitative estimate of drug-likeness (QED) is 0.273. The SMILES string of the molecule is CCc1ccc(Cc2cc(C3(c4ccc(O)cc4)c4ccccc4-c4ccccc43)ccc2O)cc1. The van der Waals surface area contributed by atoms with Crippen LogP contribution in [0, 0.1) is 0 Å². The van der Waals surface area contributed by atoms with Gasteiger partial charge in [-0.15, -0.1) is 0 Å². The number of aryl methyl sites for hydroxylation is 1. The maximum absolute atomic E-state index is 10.9. The fourth-order valence-electron chi connectivity index (χ4n) is 5.81. The summed E-state index contributed by atoms with van der Waals surface area (Å²) >= 11 is 0. The summed E-state index contributed by atoms with van der Waals surface area (Å²) in [5, 5.41) is 21.0. The molecule has 2 heteroatoms. The zero-order chi connectivity index (χ0) is 24.7. The largest absolute Gasteiger partial charge is 0.508 e. The van der Waals surface area contributed by atoms with Gasteiger partial charge in [-0.05, 0) is 74.7 Å². The van der Waals surface area contributed by atoms with E-state index in [-0.39, 0.29) is 5.75 Å². The minimum atomic E-state index is -0.560. The third-order valence-corrected chi connectivity index (χ3v) is 7.59. The van der Waals surface area contributed by atoms with Gasteiger partial charge >= 0.3 is 0 Å². The van der Waals surface area contributed by atoms with Crippen LogP contribution in [-0.4, -0.2) is 10.2 Å². The number of phenols is 2. The highest BCUT2D eigenvalue weighted by molar-refractivity contribution is 5.86. The van der Waals surface area contributed by atoms with Crippen molar-refractivity contribution in [2.45, 2.75) is 25.2 Å². The van der Waals surface area contributed by atoms with E-state index in [9.17, 15) is 10.2 Å². The molecule has 0 fully saturated rings. The number of hydrogen-bond donors (Lipinski definition) is 2. The zero-order valence-corrected chi connectivity index (χ0v) is 20.3. The number of phenolic OH excluding ortho intramolecular Hbond substituents is 2. The van der Waals surface area contributed by atoms with Crippen molar-refractivity contribution in [3.8, 4) is 22.6 Å². The molecule has 5 aromatic carbocycles. The van der Waals surface area contributed by atoms with E-state index in [0.717, 1.165) is 23.1 Å². The molecular formula is C34H28O2. The summed E-state index contributed by atoms with van der Waals surface area (Å²) in [4.78, 5) is 0. The molecule has 1 aliphatic carbocycles. The van der Waals surface area contributed by atoms with E-state index in [1.807, 2.05) is 24.3 Å². The molecule has 36 heavy (non-hydrogen) atoms. The Bertz CT molecular complexity index is 1500. The first kappa shape index (κ1) is 22.2. The van der Waals surface area contributed by atoms with Crippen molar-refractivity contribution in [3.63, 3.8) is 0 Å². The van der Waals surface area contributed by atoms with E-state index >= 15 is 0 Å². The molecule has 0 saturated heterocycles. The Morgan fingerprint density at radius 2 is 1.14 bits per heavy atom. The summed E-state index contributed by atoms with van der Waals surface area (Å²) in [7, 11) is 0. The van der Waals surface area contributed by atoms with Gasteiger partial charge < -0.3 is 10.2 Å². The molecule has 0 amide bonds. The summed E-state index contributed by atoms with van der Waals surface area (Å²) in [5.41, 5.74) is 9.85. The van der Waals surface area contributed by atoms with Crippen LogP contribution in [-0.2, 0) is 18.3 Å². The van der Waals surface area contributed by atoms with Crippen molar-refractivity contribution in [2.24, 2.45) is 0 Å². The van der Waals surface area contributed by atoms with Gasteiger partial charge in [-0.1, -0.05) is 104 Å². The molecule has 0 spiro atoms. The van der Waals surface area contributed by atoms with E-state index in [1.165, 1.54) is 33.4 Å². The van der Waals surface area contributed by atoms with Crippen molar-refractivity contribution < 1.29 is 10.2 Å². The predicted octanol–water partition coefficient (Wildman–Crippen LogP) is 7.61. The first-order valence-corrected chi connectivity index (χ1v) is 12.5. The molecule has 0 radical (unpaired) electrons. The van der Waals surface area contributed by atoms with Gasteiger partial charge in [-0.2, -0.15) is 0 Å². The van der Waals surface area contributed by atoms with Crippen molar-refractivity contribution in [1.82, 2.24) is 0 Å². The Morgan fingerprint density at radius 1 is 0.583 bits per heavy atom. The Hall–Kier alpha value is -4.30.